The van der Waals surface area contributed by atoms with Crippen molar-refractivity contribution in [2.45, 2.75) is 38.3 Å². The molecule has 0 aromatic rings. The fraction of sp³-hybridized carbons (Fsp3) is 0.636. The molecule has 0 heterocycles. The minimum Gasteiger partial charge on any atom is -0.480 e. The van der Waals surface area contributed by atoms with Gasteiger partial charge in [-0.2, -0.15) is 0 Å². The van der Waals surface area contributed by atoms with Crippen molar-refractivity contribution in [2.75, 3.05) is 0 Å². The number of carbonyl (C=O) groups is 2. The van der Waals surface area contributed by atoms with Gasteiger partial charge in [0.05, 0.1) is 5.92 Å². The first-order chi connectivity index (χ1) is 7.54. The Kier molecular flexibility index (Phi) is 4.49. The zero-order valence-electron chi connectivity index (χ0n) is 9.35. The van der Waals surface area contributed by atoms with E-state index < -0.39 is 12.0 Å². The van der Waals surface area contributed by atoms with Crippen LogP contribution in [0.15, 0.2) is 12.2 Å². The summed E-state index contributed by atoms with van der Waals surface area (Å²) in [6.07, 6.45) is 5.25. The molecule has 0 aliphatic heterocycles. The molecule has 0 radical (unpaired) electrons. The smallest absolute Gasteiger partial charge is 0.326 e. The Bertz CT molecular complexity index is 302. The Labute approximate surface area is 94.7 Å². The van der Waals surface area contributed by atoms with E-state index in [1.807, 2.05) is 6.92 Å². The van der Waals surface area contributed by atoms with E-state index in [1.165, 1.54) is 0 Å². The Morgan fingerprint density at radius 2 is 2.25 bits per heavy atom. The lowest BCUT2D eigenvalue weighted by molar-refractivity contribution is -0.142. The largest absolute Gasteiger partial charge is 0.480 e. The predicted molar refractivity (Wildman–Crippen MR) is 59.7 cm³/mol. The maximum Gasteiger partial charge on any atom is 0.326 e. The van der Waals surface area contributed by atoms with Crippen LogP contribution >= 0.6 is 0 Å². The molecule has 1 rings (SSSR count). The lowest BCUT2D eigenvalue weighted by atomic mass is 10.1. The fourth-order valence-electron chi connectivity index (χ4n) is 1.75. The van der Waals surface area contributed by atoms with Gasteiger partial charge in [0.2, 0.25) is 5.91 Å². The highest BCUT2D eigenvalue weighted by atomic mass is 16.4. The van der Waals surface area contributed by atoms with E-state index in [0.717, 1.165) is 6.42 Å². The SMILES string of the molecule is CCC[C@@H](NC(=O)C1C=CC(N)C1)C(=O)O. The van der Waals surface area contributed by atoms with E-state index in [1.54, 1.807) is 12.2 Å². The van der Waals surface area contributed by atoms with Crippen LogP contribution in [0.2, 0.25) is 0 Å². The molecular formula is C11H18N2O3. The van der Waals surface area contributed by atoms with Gasteiger partial charge in [0.15, 0.2) is 0 Å². The first-order valence-electron chi connectivity index (χ1n) is 5.51. The van der Waals surface area contributed by atoms with E-state index in [4.69, 9.17) is 10.8 Å². The highest BCUT2D eigenvalue weighted by Crippen LogP contribution is 2.16. The number of aliphatic carboxylic acids is 1. The Morgan fingerprint density at radius 1 is 1.56 bits per heavy atom. The van der Waals surface area contributed by atoms with Crippen LogP contribution in [0.5, 0.6) is 0 Å². The molecule has 0 saturated carbocycles. The maximum absolute atomic E-state index is 11.7. The number of carboxylic acids is 1. The molecule has 0 bridgehead atoms. The van der Waals surface area contributed by atoms with Gasteiger partial charge in [-0.25, -0.2) is 4.79 Å². The molecule has 16 heavy (non-hydrogen) atoms. The van der Waals surface area contributed by atoms with Gasteiger partial charge in [-0.1, -0.05) is 25.5 Å². The third-order valence-electron chi connectivity index (χ3n) is 2.65. The summed E-state index contributed by atoms with van der Waals surface area (Å²) in [5, 5.41) is 11.4. The second-order valence-corrected chi connectivity index (χ2v) is 4.08. The van der Waals surface area contributed by atoms with Crippen LogP contribution in [0.1, 0.15) is 26.2 Å². The van der Waals surface area contributed by atoms with Crippen molar-refractivity contribution in [3.8, 4) is 0 Å². The molecular weight excluding hydrogens is 208 g/mol. The molecule has 3 atom stereocenters. The Balaban J connectivity index is 2.49. The van der Waals surface area contributed by atoms with Gasteiger partial charge in [-0.05, 0) is 12.8 Å². The second kappa shape index (κ2) is 5.65. The van der Waals surface area contributed by atoms with Crippen molar-refractivity contribution in [2.24, 2.45) is 11.7 Å². The van der Waals surface area contributed by atoms with Gasteiger partial charge in [0.1, 0.15) is 6.04 Å². The average Bonchev–Trinajstić information content (AvgIpc) is 2.64. The van der Waals surface area contributed by atoms with Gasteiger partial charge in [0.25, 0.3) is 0 Å². The van der Waals surface area contributed by atoms with Crippen LogP contribution < -0.4 is 11.1 Å². The molecule has 1 amide bonds. The molecule has 0 aromatic carbocycles. The lowest BCUT2D eigenvalue weighted by Gasteiger charge is -2.16. The average molecular weight is 226 g/mol. The maximum atomic E-state index is 11.7. The molecule has 4 N–H and O–H groups in total. The van der Waals surface area contributed by atoms with Gasteiger partial charge in [-0.15, -0.1) is 0 Å². The molecule has 2 unspecified atom stereocenters. The van der Waals surface area contributed by atoms with E-state index in [-0.39, 0.29) is 17.9 Å². The topological polar surface area (TPSA) is 92.4 Å². The van der Waals surface area contributed by atoms with Gasteiger partial charge < -0.3 is 16.2 Å². The lowest BCUT2D eigenvalue weighted by Crippen LogP contribution is -2.43. The van der Waals surface area contributed by atoms with Crippen LogP contribution in [0.3, 0.4) is 0 Å². The number of carbonyl (C=O) groups excluding carboxylic acids is 1. The van der Waals surface area contributed by atoms with Crippen molar-refractivity contribution >= 4 is 11.9 Å². The first kappa shape index (κ1) is 12.7. The summed E-state index contributed by atoms with van der Waals surface area (Å²) in [4.78, 5) is 22.5. The number of hydrogen-bond donors (Lipinski definition) is 3. The Hall–Kier alpha value is -1.36. The predicted octanol–water partition coefficient (Wildman–Crippen LogP) is 0.259. The third kappa shape index (κ3) is 3.34. The van der Waals surface area contributed by atoms with Crippen molar-refractivity contribution in [1.82, 2.24) is 5.32 Å². The number of nitrogens with two attached hydrogens (primary N) is 1. The zero-order chi connectivity index (χ0) is 12.1. The minimum absolute atomic E-state index is 0.0924. The molecule has 0 saturated heterocycles. The molecule has 1 aliphatic rings. The molecule has 5 nitrogen and oxygen atoms in total. The van der Waals surface area contributed by atoms with E-state index in [0.29, 0.717) is 12.8 Å². The van der Waals surface area contributed by atoms with Crippen LogP contribution in [-0.4, -0.2) is 29.1 Å². The molecule has 0 fully saturated rings. The monoisotopic (exact) mass is 226 g/mol. The second-order valence-electron chi connectivity index (χ2n) is 4.08. The number of carboxylic acid groups (broad SMARTS) is 1. The van der Waals surface area contributed by atoms with Gasteiger partial charge in [0, 0.05) is 6.04 Å². The van der Waals surface area contributed by atoms with E-state index >= 15 is 0 Å². The quantitative estimate of drug-likeness (QED) is 0.586. The first-order valence-corrected chi connectivity index (χ1v) is 5.51. The summed E-state index contributed by atoms with van der Waals surface area (Å²) in [6.45, 7) is 1.88. The molecule has 0 spiro atoms. The fourth-order valence-corrected chi connectivity index (χ4v) is 1.75. The molecule has 1 aliphatic carbocycles. The number of rotatable bonds is 5. The number of nitrogens with one attached hydrogen (secondary N) is 1. The van der Waals surface area contributed by atoms with Gasteiger partial charge >= 0.3 is 5.97 Å². The van der Waals surface area contributed by atoms with E-state index in [2.05, 4.69) is 5.32 Å². The molecule has 5 heteroatoms. The highest BCUT2D eigenvalue weighted by Gasteiger charge is 2.26. The summed E-state index contributed by atoms with van der Waals surface area (Å²) in [6, 6.07) is -0.882. The van der Waals surface area contributed by atoms with Crippen LogP contribution in [0.25, 0.3) is 0 Å². The summed E-state index contributed by atoms with van der Waals surface area (Å²) in [5.74, 6) is -1.51. The third-order valence-corrected chi connectivity index (χ3v) is 2.65. The zero-order valence-corrected chi connectivity index (χ0v) is 9.35. The minimum atomic E-state index is -0.985. The van der Waals surface area contributed by atoms with Crippen molar-refractivity contribution < 1.29 is 14.7 Å². The van der Waals surface area contributed by atoms with E-state index in [9.17, 15) is 9.59 Å². The highest BCUT2D eigenvalue weighted by molar-refractivity contribution is 5.86. The summed E-state index contributed by atoms with van der Waals surface area (Å²) >= 11 is 0. The Morgan fingerprint density at radius 3 is 2.69 bits per heavy atom. The van der Waals surface area contributed by atoms with Crippen molar-refractivity contribution in [3.05, 3.63) is 12.2 Å². The van der Waals surface area contributed by atoms with Crippen molar-refractivity contribution in [3.63, 3.8) is 0 Å². The summed E-state index contributed by atoms with van der Waals surface area (Å²) in [7, 11) is 0. The van der Waals surface area contributed by atoms with Crippen molar-refractivity contribution in [1.29, 1.82) is 0 Å². The normalized spacial score (nSPS) is 25.4. The van der Waals surface area contributed by atoms with Crippen LogP contribution in [-0.2, 0) is 9.59 Å². The molecule has 0 aromatic heterocycles. The number of hydrogen-bond acceptors (Lipinski definition) is 3. The number of amides is 1. The standard InChI is InChI=1S/C11H18N2O3/c1-2-3-9(11(15)16)13-10(14)7-4-5-8(12)6-7/h4-5,7-9H,2-3,6,12H2,1H3,(H,13,14)(H,15,16)/t7?,8?,9-/m1/s1. The van der Waals surface area contributed by atoms with Crippen LogP contribution in [0.4, 0.5) is 0 Å². The van der Waals surface area contributed by atoms with Crippen LogP contribution in [0, 0.1) is 5.92 Å². The molecule has 90 valence electrons. The summed E-state index contributed by atoms with van der Waals surface area (Å²) < 4.78 is 0. The summed E-state index contributed by atoms with van der Waals surface area (Å²) in [5.41, 5.74) is 5.63. The van der Waals surface area contributed by atoms with Gasteiger partial charge in [-0.3, -0.25) is 4.79 Å².